The van der Waals surface area contributed by atoms with Crippen LogP contribution in [0.25, 0.3) is 0 Å². The molecule has 0 radical (unpaired) electrons. The van der Waals surface area contributed by atoms with Gasteiger partial charge in [0.15, 0.2) is 6.10 Å². The normalized spacial score (nSPS) is 46.9. The average Bonchev–Trinajstić information content (AvgIpc) is 3.26. The molecule has 4 saturated heterocycles. The van der Waals surface area contributed by atoms with Crippen molar-refractivity contribution in [1.82, 2.24) is 0 Å². The van der Waals surface area contributed by atoms with Crippen LogP contribution in [0.5, 0.6) is 0 Å². The Morgan fingerprint density at radius 1 is 1.04 bits per heavy atom. The molecule has 4 rings (SSSR count). The molecule has 4 aliphatic rings. The molecular weight excluding hydrogens is 346 g/mol. The van der Waals surface area contributed by atoms with Crippen LogP contribution >= 0.6 is 12.0 Å². The van der Waals surface area contributed by atoms with E-state index in [1.54, 1.807) is 0 Å². The van der Waals surface area contributed by atoms with Gasteiger partial charge in [0.25, 0.3) is 5.09 Å². The van der Waals surface area contributed by atoms with Crippen molar-refractivity contribution in [3.05, 3.63) is 10.1 Å². The third-order valence-electron chi connectivity index (χ3n) is 4.79. The van der Waals surface area contributed by atoms with Crippen LogP contribution in [0.1, 0.15) is 0 Å². The number of nitrogens with zero attached hydrogens (tertiary/aromatic N) is 1. The first-order valence-electron chi connectivity index (χ1n) is 7.87. The molecule has 11 heteroatoms. The quantitative estimate of drug-likeness (QED) is 0.363. The highest BCUT2D eigenvalue weighted by Crippen LogP contribution is 2.37. The van der Waals surface area contributed by atoms with Gasteiger partial charge in [-0.25, -0.2) is 0 Å². The molecule has 4 fully saturated rings. The SMILES string of the molecule is O=[N+]([O-])O[C@@H]1COC2C(SOCC3COC4C3OC[C@H]4O)COC21. The molecule has 10 nitrogen and oxygen atoms in total. The molecule has 24 heavy (non-hydrogen) atoms. The van der Waals surface area contributed by atoms with Crippen molar-refractivity contribution in [2.24, 2.45) is 5.92 Å². The minimum atomic E-state index is -0.816. The fourth-order valence-electron chi connectivity index (χ4n) is 3.63. The Hall–Kier alpha value is -0.690. The van der Waals surface area contributed by atoms with Crippen molar-refractivity contribution in [2.75, 3.05) is 33.0 Å². The van der Waals surface area contributed by atoms with E-state index in [9.17, 15) is 15.2 Å². The molecule has 0 amide bonds. The maximum absolute atomic E-state index is 10.5. The summed E-state index contributed by atoms with van der Waals surface area (Å²) in [6.45, 7) is 1.75. The summed E-state index contributed by atoms with van der Waals surface area (Å²) in [5, 5.41) is 19.3. The Morgan fingerprint density at radius 3 is 2.62 bits per heavy atom. The number of rotatable bonds is 6. The van der Waals surface area contributed by atoms with Gasteiger partial charge in [0.2, 0.25) is 0 Å². The highest BCUT2D eigenvalue weighted by molar-refractivity contribution is 7.95. The van der Waals surface area contributed by atoms with Crippen molar-refractivity contribution in [1.29, 1.82) is 0 Å². The van der Waals surface area contributed by atoms with Gasteiger partial charge in [0.05, 0.1) is 44.4 Å². The maximum atomic E-state index is 10.5. The molecule has 4 aliphatic heterocycles. The zero-order valence-corrected chi connectivity index (χ0v) is 13.5. The lowest BCUT2D eigenvalue weighted by atomic mass is 10.0. The van der Waals surface area contributed by atoms with Gasteiger partial charge in [-0.15, -0.1) is 10.1 Å². The molecule has 4 heterocycles. The van der Waals surface area contributed by atoms with Crippen LogP contribution in [0.3, 0.4) is 0 Å². The summed E-state index contributed by atoms with van der Waals surface area (Å²) >= 11 is 1.25. The first-order valence-corrected chi connectivity index (χ1v) is 8.68. The van der Waals surface area contributed by atoms with E-state index in [0.717, 1.165) is 0 Å². The molecule has 136 valence electrons. The zero-order valence-electron chi connectivity index (χ0n) is 12.7. The van der Waals surface area contributed by atoms with Crippen molar-refractivity contribution in [2.45, 2.75) is 41.9 Å². The zero-order chi connectivity index (χ0) is 16.7. The summed E-state index contributed by atoms with van der Waals surface area (Å²) in [6, 6.07) is 0. The number of hydrogen-bond donors (Lipinski definition) is 1. The fourth-order valence-corrected chi connectivity index (χ4v) is 4.53. The van der Waals surface area contributed by atoms with E-state index in [-0.39, 0.29) is 36.1 Å². The van der Waals surface area contributed by atoms with Gasteiger partial charge in [-0.1, -0.05) is 0 Å². The second-order valence-corrected chi connectivity index (χ2v) is 7.34. The van der Waals surface area contributed by atoms with Crippen LogP contribution in [-0.4, -0.2) is 85.1 Å². The van der Waals surface area contributed by atoms with E-state index in [1.165, 1.54) is 12.0 Å². The van der Waals surface area contributed by atoms with Gasteiger partial charge in [-0.3, -0.25) is 0 Å². The van der Waals surface area contributed by atoms with Gasteiger partial charge >= 0.3 is 0 Å². The number of ether oxygens (including phenoxy) is 4. The van der Waals surface area contributed by atoms with Crippen LogP contribution < -0.4 is 0 Å². The lowest BCUT2D eigenvalue weighted by molar-refractivity contribution is -0.769. The molecule has 6 unspecified atom stereocenters. The van der Waals surface area contributed by atoms with Gasteiger partial charge in [0.1, 0.15) is 24.4 Å². The molecule has 8 atom stereocenters. The predicted molar refractivity (Wildman–Crippen MR) is 77.7 cm³/mol. The fraction of sp³-hybridized carbons (Fsp3) is 1.00. The first-order chi connectivity index (χ1) is 11.6. The summed E-state index contributed by atoms with van der Waals surface area (Å²) in [4.78, 5) is 15.0. The molecule has 0 aromatic heterocycles. The monoisotopic (exact) mass is 365 g/mol. The Morgan fingerprint density at radius 2 is 1.79 bits per heavy atom. The van der Waals surface area contributed by atoms with E-state index in [1.807, 2.05) is 0 Å². The van der Waals surface area contributed by atoms with E-state index in [4.69, 9.17) is 23.1 Å². The molecule has 0 saturated carbocycles. The lowest BCUT2D eigenvalue weighted by Gasteiger charge is -2.18. The number of aliphatic hydroxyl groups is 1. The summed E-state index contributed by atoms with van der Waals surface area (Å²) in [5.74, 6) is 0.0767. The smallest absolute Gasteiger partial charge is 0.294 e. The first kappa shape index (κ1) is 16.8. The minimum Gasteiger partial charge on any atom is -0.388 e. The number of fused-ring (bicyclic) bond motifs is 2. The van der Waals surface area contributed by atoms with Crippen LogP contribution in [0.2, 0.25) is 0 Å². The van der Waals surface area contributed by atoms with Crippen molar-refractivity contribution in [3.8, 4) is 0 Å². The highest BCUT2D eigenvalue weighted by atomic mass is 32.2. The van der Waals surface area contributed by atoms with Crippen molar-refractivity contribution in [3.63, 3.8) is 0 Å². The Balaban J connectivity index is 1.23. The van der Waals surface area contributed by atoms with Gasteiger partial charge in [0, 0.05) is 5.92 Å². The molecule has 1 N–H and O–H groups in total. The second-order valence-electron chi connectivity index (χ2n) is 6.31. The summed E-state index contributed by atoms with van der Waals surface area (Å²) in [7, 11) is 0. The van der Waals surface area contributed by atoms with Crippen LogP contribution in [-0.2, 0) is 28.0 Å². The average molecular weight is 365 g/mol. The molecule has 0 spiro atoms. The molecule has 0 aliphatic carbocycles. The van der Waals surface area contributed by atoms with Crippen molar-refractivity contribution >= 4 is 12.0 Å². The van der Waals surface area contributed by atoms with E-state index >= 15 is 0 Å². The third-order valence-corrected chi connectivity index (χ3v) is 5.71. The topological polar surface area (TPSA) is 119 Å². The van der Waals surface area contributed by atoms with Gasteiger partial charge < -0.3 is 33.1 Å². The standard InChI is InChI=1S/C13H19NO9S/c15-7-3-19-10-6(1-18-11(7)10)2-22-24-9-5-21-12-8(23-14(16)17)4-20-13(9)12/h6-13,15H,1-5H2/t6?,7-,8-,9?,10?,11?,12?,13?/m1/s1. The largest absolute Gasteiger partial charge is 0.388 e. The van der Waals surface area contributed by atoms with Crippen LogP contribution in [0.4, 0.5) is 0 Å². The lowest BCUT2D eigenvalue weighted by Crippen LogP contribution is -2.33. The molecule has 0 aromatic rings. The van der Waals surface area contributed by atoms with Gasteiger partial charge in [-0.2, -0.15) is 0 Å². The maximum Gasteiger partial charge on any atom is 0.294 e. The number of hydrogen-bond acceptors (Lipinski definition) is 10. The van der Waals surface area contributed by atoms with E-state index in [2.05, 4.69) is 4.84 Å². The highest BCUT2D eigenvalue weighted by Gasteiger charge is 2.51. The molecular formula is C13H19NO9S. The predicted octanol–water partition coefficient (Wildman–Crippen LogP) is -0.831. The Bertz CT molecular complexity index is 482. The minimum absolute atomic E-state index is 0.0661. The Kier molecular flexibility index (Phi) is 4.82. The van der Waals surface area contributed by atoms with Gasteiger partial charge in [-0.05, 0) is 12.0 Å². The summed E-state index contributed by atoms with van der Waals surface area (Å²) in [6.07, 6.45) is -2.37. The second kappa shape index (κ2) is 6.90. The number of aliphatic hydroxyl groups excluding tert-OH is 1. The van der Waals surface area contributed by atoms with Crippen molar-refractivity contribution < 1.29 is 38.2 Å². The summed E-state index contributed by atoms with van der Waals surface area (Å²) < 4.78 is 28.0. The third kappa shape index (κ3) is 3.09. The molecule has 0 bridgehead atoms. The van der Waals surface area contributed by atoms with Crippen LogP contribution in [0, 0.1) is 16.0 Å². The van der Waals surface area contributed by atoms with Crippen LogP contribution in [0.15, 0.2) is 0 Å². The van der Waals surface area contributed by atoms with E-state index in [0.29, 0.717) is 26.4 Å². The molecule has 0 aromatic carbocycles. The summed E-state index contributed by atoms with van der Waals surface area (Å²) in [5.41, 5.74) is 0. The Labute approximate surface area is 142 Å². The van der Waals surface area contributed by atoms with E-state index < -0.39 is 23.4 Å².